The van der Waals surface area contributed by atoms with Gasteiger partial charge in [0.25, 0.3) is 0 Å². The van der Waals surface area contributed by atoms with Gasteiger partial charge in [0, 0.05) is 44.0 Å². The van der Waals surface area contributed by atoms with E-state index in [1.807, 2.05) is 17.3 Å². The highest BCUT2D eigenvalue weighted by Crippen LogP contribution is 2.30. The summed E-state index contributed by atoms with van der Waals surface area (Å²) >= 11 is 0. The van der Waals surface area contributed by atoms with Crippen LogP contribution >= 0.6 is 0 Å². The molecule has 1 unspecified atom stereocenters. The molecule has 21 heavy (non-hydrogen) atoms. The lowest BCUT2D eigenvalue weighted by Crippen LogP contribution is -2.43. The van der Waals surface area contributed by atoms with Crippen LogP contribution in [0.2, 0.25) is 0 Å². The standard InChI is InChI=1S/C16H22N2O2S/c1-12-7-13-9-17(10-14(13)8-15(12)11-19)16-3-5-18(6-4-16)21(2)20/h7-8,11,16H,3-6,9-10H2,1-2H3. The van der Waals surface area contributed by atoms with Crippen LogP contribution in [0.5, 0.6) is 0 Å². The second-order valence-electron chi connectivity index (χ2n) is 6.08. The number of fused-ring (bicyclic) bond motifs is 1. The maximum atomic E-state index is 11.5. The molecule has 1 saturated heterocycles. The topological polar surface area (TPSA) is 40.6 Å². The van der Waals surface area contributed by atoms with Gasteiger partial charge in [0.05, 0.1) is 11.0 Å². The molecule has 0 amide bonds. The van der Waals surface area contributed by atoms with E-state index < -0.39 is 11.0 Å². The van der Waals surface area contributed by atoms with Crippen molar-refractivity contribution in [3.05, 3.63) is 34.4 Å². The molecule has 0 spiro atoms. The van der Waals surface area contributed by atoms with E-state index in [-0.39, 0.29) is 0 Å². The van der Waals surface area contributed by atoms with Crippen molar-refractivity contribution in [1.82, 2.24) is 9.21 Å². The van der Waals surface area contributed by atoms with Crippen LogP contribution in [0.25, 0.3) is 0 Å². The van der Waals surface area contributed by atoms with Crippen molar-refractivity contribution in [2.45, 2.75) is 38.9 Å². The molecule has 1 aromatic carbocycles. The van der Waals surface area contributed by atoms with Crippen LogP contribution in [-0.2, 0) is 24.1 Å². The molecule has 0 bridgehead atoms. The number of carbonyl (C=O) groups excluding carboxylic acids is 1. The Hall–Kier alpha value is -1.04. The first-order valence-corrected chi connectivity index (χ1v) is 9.00. The molecule has 3 rings (SSSR count). The van der Waals surface area contributed by atoms with Crippen molar-refractivity contribution in [2.75, 3.05) is 19.3 Å². The summed E-state index contributed by atoms with van der Waals surface area (Å²) in [5.74, 6) is 0. The number of benzene rings is 1. The van der Waals surface area contributed by atoms with Crippen molar-refractivity contribution >= 4 is 17.3 Å². The Kier molecular flexibility index (Phi) is 4.24. The largest absolute Gasteiger partial charge is 0.298 e. The van der Waals surface area contributed by atoms with E-state index in [9.17, 15) is 9.00 Å². The smallest absolute Gasteiger partial charge is 0.150 e. The first-order valence-electron chi connectivity index (χ1n) is 7.48. The third kappa shape index (κ3) is 2.96. The van der Waals surface area contributed by atoms with E-state index in [0.717, 1.165) is 56.4 Å². The van der Waals surface area contributed by atoms with Crippen LogP contribution in [0.1, 0.15) is 39.9 Å². The molecule has 2 heterocycles. The molecule has 1 atom stereocenters. The number of piperidine rings is 1. The number of carbonyl (C=O) groups is 1. The molecular formula is C16H22N2O2S. The minimum Gasteiger partial charge on any atom is -0.298 e. The monoisotopic (exact) mass is 306 g/mol. The van der Waals surface area contributed by atoms with Gasteiger partial charge in [0.1, 0.15) is 6.29 Å². The van der Waals surface area contributed by atoms with Gasteiger partial charge in [-0.1, -0.05) is 6.07 Å². The Morgan fingerprint density at radius 3 is 2.38 bits per heavy atom. The van der Waals surface area contributed by atoms with Crippen molar-refractivity contribution in [3.8, 4) is 0 Å². The molecule has 2 aliphatic heterocycles. The molecule has 2 aliphatic rings. The number of hydrogen-bond acceptors (Lipinski definition) is 3. The van der Waals surface area contributed by atoms with E-state index in [1.54, 1.807) is 6.26 Å². The van der Waals surface area contributed by atoms with E-state index in [2.05, 4.69) is 11.0 Å². The van der Waals surface area contributed by atoms with Crippen LogP contribution < -0.4 is 0 Å². The zero-order chi connectivity index (χ0) is 15.0. The molecule has 114 valence electrons. The van der Waals surface area contributed by atoms with Gasteiger partial charge < -0.3 is 0 Å². The highest BCUT2D eigenvalue weighted by molar-refractivity contribution is 7.81. The van der Waals surface area contributed by atoms with Gasteiger partial charge in [-0.2, -0.15) is 0 Å². The summed E-state index contributed by atoms with van der Waals surface area (Å²) < 4.78 is 13.6. The zero-order valence-electron chi connectivity index (χ0n) is 12.7. The maximum absolute atomic E-state index is 11.5. The average molecular weight is 306 g/mol. The maximum Gasteiger partial charge on any atom is 0.150 e. The summed E-state index contributed by atoms with van der Waals surface area (Å²) in [6.45, 7) is 5.76. The SMILES string of the molecule is Cc1cc2c(cc1C=O)CN(C1CCN(S(C)=O)CC1)C2. The van der Waals surface area contributed by atoms with E-state index >= 15 is 0 Å². The number of aryl methyl sites for hydroxylation is 1. The summed E-state index contributed by atoms with van der Waals surface area (Å²) in [6, 6.07) is 4.78. The first-order chi connectivity index (χ1) is 10.1. The molecule has 0 radical (unpaired) electrons. The van der Waals surface area contributed by atoms with Gasteiger partial charge in [-0.3, -0.25) is 9.69 Å². The second kappa shape index (κ2) is 5.99. The molecule has 0 aromatic heterocycles. The number of rotatable bonds is 3. The number of nitrogens with zero attached hydrogens (tertiary/aromatic N) is 2. The fourth-order valence-electron chi connectivity index (χ4n) is 3.47. The lowest BCUT2D eigenvalue weighted by Gasteiger charge is -2.35. The van der Waals surface area contributed by atoms with Crippen molar-refractivity contribution in [2.24, 2.45) is 0 Å². The van der Waals surface area contributed by atoms with Crippen molar-refractivity contribution in [1.29, 1.82) is 0 Å². The lowest BCUT2D eigenvalue weighted by atomic mass is 10.0. The highest BCUT2D eigenvalue weighted by Gasteiger charge is 2.30. The molecule has 0 saturated carbocycles. The van der Waals surface area contributed by atoms with E-state index in [0.29, 0.717) is 6.04 Å². The molecule has 0 N–H and O–H groups in total. The molecular weight excluding hydrogens is 284 g/mol. The predicted molar refractivity (Wildman–Crippen MR) is 84.5 cm³/mol. The lowest BCUT2D eigenvalue weighted by molar-refractivity contribution is 0.112. The minimum absolute atomic E-state index is 0.567. The van der Waals surface area contributed by atoms with Gasteiger partial charge in [0.15, 0.2) is 0 Å². The van der Waals surface area contributed by atoms with Crippen LogP contribution in [0.4, 0.5) is 0 Å². The summed E-state index contributed by atoms with van der Waals surface area (Å²) in [5.41, 5.74) is 4.54. The van der Waals surface area contributed by atoms with Crippen molar-refractivity contribution < 1.29 is 9.00 Å². The summed E-state index contributed by atoms with van der Waals surface area (Å²) in [5, 5.41) is 0. The van der Waals surface area contributed by atoms with Gasteiger partial charge in [-0.05, 0) is 42.5 Å². The quantitative estimate of drug-likeness (QED) is 0.801. The van der Waals surface area contributed by atoms with Gasteiger partial charge in [-0.25, -0.2) is 8.51 Å². The molecule has 0 aliphatic carbocycles. The predicted octanol–water partition coefficient (Wildman–Crippen LogP) is 1.88. The van der Waals surface area contributed by atoms with Crippen LogP contribution in [0.15, 0.2) is 12.1 Å². The Labute approximate surface area is 128 Å². The van der Waals surface area contributed by atoms with Gasteiger partial charge in [0.2, 0.25) is 0 Å². The Bertz CT molecular complexity index is 580. The van der Waals surface area contributed by atoms with Gasteiger partial charge >= 0.3 is 0 Å². The molecule has 5 heteroatoms. The summed E-state index contributed by atoms with van der Waals surface area (Å²) in [6.07, 6.45) is 4.86. The zero-order valence-corrected chi connectivity index (χ0v) is 13.5. The van der Waals surface area contributed by atoms with E-state index in [1.165, 1.54) is 11.1 Å². The number of hydrogen-bond donors (Lipinski definition) is 0. The Balaban J connectivity index is 1.68. The fourth-order valence-corrected chi connectivity index (χ4v) is 4.19. The number of aldehydes is 1. The Morgan fingerprint density at radius 1 is 1.19 bits per heavy atom. The Morgan fingerprint density at radius 2 is 1.81 bits per heavy atom. The molecule has 1 aromatic rings. The normalized spacial score (nSPS) is 22.2. The third-order valence-electron chi connectivity index (χ3n) is 4.77. The highest BCUT2D eigenvalue weighted by atomic mass is 32.2. The first kappa shape index (κ1) is 14.9. The molecule has 4 nitrogen and oxygen atoms in total. The third-order valence-corrected chi connectivity index (χ3v) is 5.86. The van der Waals surface area contributed by atoms with Crippen LogP contribution in [0, 0.1) is 6.92 Å². The van der Waals surface area contributed by atoms with E-state index in [4.69, 9.17) is 0 Å². The second-order valence-corrected chi connectivity index (χ2v) is 7.45. The summed E-state index contributed by atoms with van der Waals surface area (Å²) in [4.78, 5) is 13.6. The summed E-state index contributed by atoms with van der Waals surface area (Å²) in [7, 11) is -0.840. The average Bonchev–Trinajstić information content (AvgIpc) is 2.89. The van der Waals surface area contributed by atoms with Gasteiger partial charge in [-0.15, -0.1) is 0 Å². The minimum atomic E-state index is -0.840. The van der Waals surface area contributed by atoms with Crippen LogP contribution in [0.3, 0.4) is 0 Å². The van der Waals surface area contributed by atoms with Crippen molar-refractivity contribution in [3.63, 3.8) is 0 Å². The van der Waals surface area contributed by atoms with Crippen LogP contribution in [-0.4, -0.2) is 45.1 Å². The fraction of sp³-hybridized carbons (Fsp3) is 0.562. The molecule has 1 fully saturated rings.